The summed E-state index contributed by atoms with van der Waals surface area (Å²) in [5.74, 6) is -0.188. The minimum atomic E-state index is -3.23. The fourth-order valence-corrected chi connectivity index (χ4v) is 5.70. The van der Waals surface area contributed by atoms with E-state index in [4.69, 9.17) is 0 Å². The predicted molar refractivity (Wildman–Crippen MR) is 92.5 cm³/mol. The van der Waals surface area contributed by atoms with E-state index in [0.29, 0.717) is 32.4 Å². The molecule has 1 aromatic heterocycles. The Bertz CT molecular complexity index is 750. The summed E-state index contributed by atoms with van der Waals surface area (Å²) in [5, 5.41) is 0. The number of hydrogen-bond donors (Lipinski definition) is 0. The number of nitrogens with zero attached hydrogens (tertiary/aromatic N) is 3. The predicted octanol–water partition coefficient (Wildman–Crippen LogP) is 0.261. The second-order valence-corrected chi connectivity index (χ2v) is 8.75. The Kier molecular flexibility index (Phi) is 5.08. The summed E-state index contributed by atoms with van der Waals surface area (Å²) in [6, 6.07) is 2.91. The van der Waals surface area contributed by atoms with Gasteiger partial charge in [0.1, 0.15) is 0 Å². The maximum Gasteiger partial charge on any atom is 0.223 e. The van der Waals surface area contributed by atoms with Gasteiger partial charge in [-0.15, -0.1) is 0 Å². The van der Waals surface area contributed by atoms with Crippen LogP contribution in [0.25, 0.3) is 0 Å². The van der Waals surface area contributed by atoms with Crippen LogP contribution in [0.2, 0.25) is 0 Å². The molecule has 2 fully saturated rings. The van der Waals surface area contributed by atoms with Crippen molar-refractivity contribution < 1.29 is 18.0 Å². The number of aryl methyl sites for hydroxylation is 1. The Morgan fingerprint density at radius 3 is 2.20 bits per heavy atom. The van der Waals surface area contributed by atoms with Gasteiger partial charge in [0.2, 0.25) is 11.8 Å². The molecular formula is C17H23N3O4S. The van der Waals surface area contributed by atoms with Crippen molar-refractivity contribution in [3.05, 3.63) is 30.1 Å². The number of piperazine rings is 1. The molecule has 2 amide bonds. The number of carbonyl (C=O) groups is 2. The Morgan fingerprint density at radius 1 is 1.08 bits per heavy atom. The van der Waals surface area contributed by atoms with Crippen LogP contribution in [-0.2, 0) is 25.8 Å². The van der Waals surface area contributed by atoms with Crippen LogP contribution in [0.3, 0.4) is 0 Å². The van der Waals surface area contributed by atoms with Gasteiger partial charge < -0.3 is 9.80 Å². The number of amides is 2. The average molecular weight is 365 g/mol. The highest BCUT2D eigenvalue weighted by Crippen LogP contribution is 2.28. The first-order valence-electron chi connectivity index (χ1n) is 8.59. The molecule has 0 unspecified atom stereocenters. The Balaban J connectivity index is 1.72. The molecule has 0 aromatic carbocycles. The van der Waals surface area contributed by atoms with Gasteiger partial charge in [-0.25, -0.2) is 8.42 Å². The third kappa shape index (κ3) is 3.84. The second-order valence-electron chi connectivity index (χ2n) is 6.59. The minimum absolute atomic E-state index is 0.0441. The quantitative estimate of drug-likeness (QED) is 0.764. The number of hydrogen-bond acceptors (Lipinski definition) is 5. The summed E-state index contributed by atoms with van der Waals surface area (Å²) >= 11 is 0. The summed E-state index contributed by atoms with van der Waals surface area (Å²) in [6.07, 6.45) is 4.65. The summed E-state index contributed by atoms with van der Waals surface area (Å²) in [7, 11) is -3.23. The molecule has 0 radical (unpaired) electrons. The number of fused-ring (bicyclic) bond motifs is 1. The van der Waals surface area contributed by atoms with E-state index in [1.807, 2.05) is 12.1 Å². The fourth-order valence-electron chi connectivity index (χ4n) is 3.72. The number of sulfone groups is 1. The van der Waals surface area contributed by atoms with Gasteiger partial charge in [0.05, 0.1) is 23.6 Å². The van der Waals surface area contributed by atoms with E-state index < -0.39 is 21.9 Å². The van der Waals surface area contributed by atoms with Gasteiger partial charge in [-0.3, -0.25) is 14.6 Å². The Hall–Kier alpha value is -1.96. The van der Waals surface area contributed by atoms with Gasteiger partial charge in [0.25, 0.3) is 0 Å². The van der Waals surface area contributed by atoms with Crippen molar-refractivity contribution in [2.45, 2.75) is 38.3 Å². The van der Waals surface area contributed by atoms with E-state index in [-0.39, 0.29) is 23.3 Å². The van der Waals surface area contributed by atoms with Crippen molar-refractivity contribution in [3.8, 4) is 0 Å². The van der Waals surface area contributed by atoms with Gasteiger partial charge in [0.15, 0.2) is 9.84 Å². The smallest absolute Gasteiger partial charge is 0.223 e. The lowest BCUT2D eigenvalue weighted by Crippen LogP contribution is -2.61. The Morgan fingerprint density at radius 2 is 1.64 bits per heavy atom. The topological polar surface area (TPSA) is 87.7 Å². The van der Waals surface area contributed by atoms with E-state index >= 15 is 0 Å². The molecule has 136 valence electrons. The summed E-state index contributed by atoms with van der Waals surface area (Å²) in [5.41, 5.74) is 1.03. The molecule has 2 atom stereocenters. The molecule has 7 nitrogen and oxygen atoms in total. The first-order chi connectivity index (χ1) is 11.9. The van der Waals surface area contributed by atoms with Crippen LogP contribution in [0.1, 0.15) is 25.3 Å². The third-order valence-electron chi connectivity index (χ3n) is 5.00. The van der Waals surface area contributed by atoms with E-state index in [9.17, 15) is 18.0 Å². The van der Waals surface area contributed by atoms with Gasteiger partial charge in [0, 0.05) is 38.3 Å². The third-order valence-corrected chi connectivity index (χ3v) is 6.69. The fraction of sp³-hybridized carbons (Fsp3) is 0.588. The lowest BCUT2D eigenvalue weighted by atomic mass is 10.0. The van der Waals surface area contributed by atoms with E-state index in [1.165, 1.54) is 0 Å². The Labute approximate surface area is 147 Å². The first kappa shape index (κ1) is 17.8. The molecule has 8 heteroatoms. The van der Waals surface area contributed by atoms with Crippen LogP contribution < -0.4 is 0 Å². The molecule has 0 saturated carbocycles. The van der Waals surface area contributed by atoms with Gasteiger partial charge >= 0.3 is 0 Å². The molecule has 2 saturated heterocycles. The number of carbonyl (C=O) groups excluding carboxylic acids is 2. The van der Waals surface area contributed by atoms with E-state index in [2.05, 4.69) is 4.98 Å². The summed E-state index contributed by atoms with van der Waals surface area (Å²) in [4.78, 5) is 32.1. The van der Waals surface area contributed by atoms with Gasteiger partial charge in [-0.2, -0.15) is 0 Å². The molecule has 0 N–H and O–H groups in total. The van der Waals surface area contributed by atoms with Crippen LogP contribution in [-0.4, -0.2) is 71.7 Å². The lowest BCUT2D eigenvalue weighted by molar-refractivity contribution is -0.145. The van der Waals surface area contributed by atoms with Crippen LogP contribution >= 0.6 is 0 Å². The van der Waals surface area contributed by atoms with Crippen LogP contribution in [0.4, 0.5) is 0 Å². The molecule has 1 aromatic rings. The summed E-state index contributed by atoms with van der Waals surface area (Å²) in [6.45, 7) is 2.58. The molecule has 25 heavy (non-hydrogen) atoms. The molecule has 2 aliphatic rings. The number of rotatable bonds is 4. The van der Waals surface area contributed by atoms with Crippen molar-refractivity contribution in [2.75, 3.05) is 24.6 Å². The average Bonchev–Trinajstić information content (AvgIpc) is 2.93. The zero-order valence-electron chi connectivity index (χ0n) is 14.3. The van der Waals surface area contributed by atoms with Crippen molar-refractivity contribution in [1.29, 1.82) is 0 Å². The van der Waals surface area contributed by atoms with Crippen molar-refractivity contribution in [2.24, 2.45) is 0 Å². The van der Waals surface area contributed by atoms with Gasteiger partial charge in [-0.05, 0) is 24.1 Å². The maximum absolute atomic E-state index is 12.7. The largest absolute Gasteiger partial charge is 0.335 e. The monoisotopic (exact) mass is 365 g/mol. The normalized spacial score (nSPS) is 24.8. The SMILES string of the molecule is CCC(=O)N1CCN(C(=O)CCc2ccncc2)[C@@H]2CS(=O)(=O)C[C@@H]21. The molecular weight excluding hydrogens is 342 g/mol. The first-order valence-corrected chi connectivity index (χ1v) is 10.4. The van der Waals surface area contributed by atoms with E-state index in [1.54, 1.807) is 29.1 Å². The standard InChI is InChI=1S/C17H23N3O4S/c1-2-16(21)19-9-10-20(15-12-25(23,24)11-14(15)19)17(22)4-3-13-5-7-18-8-6-13/h5-8,14-15H,2-4,9-12H2,1H3/t14-,15+/m0/s1. The molecule has 0 aliphatic carbocycles. The van der Waals surface area contributed by atoms with E-state index in [0.717, 1.165) is 5.56 Å². The zero-order chi connectivity index (χ0) is 18.0. The molecule has 2 aliphatic heterocycles. The highest BCUT2D eigenvalue weighted by atomic mass is 32.2. The highest BCUT2D eigenvalue weighted by Gasteiger charge is 2.48. The summed E-state index contributed by atoms with van der Waals surface area (Å²) < 4.78 is 24.2. The molecule has 3 rings (SSSR count). The minimum Gasteiger partial charge on any atom is -0.335 e. The van der Waals surface area contributed by atoms with Crippen molar-refractivity contribution in [1.82, 2.24) is 14.8 Å². The molecule has 0 bridgehead atoms. The van der Waals surface area contributed by atoms with Crippen LogP contribution in [0.5, 0.6) is 0 Å². The lowest BCUT2D eigenvalue weighted by Gasteiger charge is -2.44. The number of pyridine rings is 1. The molecule has 0 spiro atoms. The maximum atomic E-state index is 12.7. The van der Waals surface area contributed by atoms with Crippen molar-refractivity contribution in [3.63, 3.8) is 0 Å². The van der Waals surface area contributed by atoms with Crippen molar-refractivity contribution >= 4 is 21.7 Å². The molecule has 3 heterocycles. The highest BCUT2D eigenvalue weighted by molar-refractivity contribution is 7.91. The zero-order valence-corrected chi connectivity index (χ0v) is 15.1. The van der Waals surface area contributed by atoms with Gasteiger partial charge in [-0.1, -0.05) is 6.92 Å². The van der Waals surface area contributed by atoms with Crippen LogP contribution in [0, 0.1) is 0 Å². The van der Waals surface area contributed by atoms with Crippen LogP contribution in [0.15, 0.2) is 24.5 Å². The second kappa shape index (κ2) is 7.11. The number of aromatic nitrogens is 1.